The minimum absolute atomic E-state index is 0.148. The first-order valence-corrected chi connectivity index (χ1v) is 4.06. The van der Waals surface area contributed by atoms with Gasteiger partial charge in [-0.2, -0.15) is 0 Å². The Bertz CT molecular complexity index is 661. The van der Waals surface area contributed by atoms with E-state index in [9.17, 15) is 14.4 Å². The number of aromatic amines is 2. The van der Waals surface area contributed by atoms with Gasteiger partial charge in [0.05, 0.1) is 5.39 Å². The smallest absolute Gasteiger partial charge is 0.341 e. The summed E-state index contributed by atoms with van der Waals surface area (Å²) in [6.07, 6.45) is 0. The highest BCUT2D eigenvalue weighted by atomic mass is 16.4. The number of hydrogen-bond donors (Lipinski definition) is 3. The van der Waals surface area contributed by atoms with Gasteiger partial charge in [-0.1, -0.05) is 0 Å². The molecule has 0 aliphatic carbocycles. The summed E-state index contributed by atoms with van der Waals surface area (Å²) in [5, 5.41) is 11.2. The third kappa shape index (κ3) is 1.25. The summed E-state index contributed by atoms with van der Waals surface area (Å²) < 4.78 is 1.32. The van der Waals surface area contributed by atoms with Crippen LogP contribution < -0.4 is 11.1 Å². The minimum atomic E-state index is -1.36. The fourth-order valence-electron chi connectivity index (χ4n) is 1.39. The SMILES string of the molecule is Cn1[nH]c(=O)c2cc(C(=O)O)c(=O)[nH]c21. The molecule has 0 unspecified atom stereocenters. The molecule has 7 nitrogen and oxygen atoms in total. The number of carboxylic acid groups (broad SMARTS) is 1. The van der Waals surface area contributed by atoms with Crippen LogP contribution >= 0.6 is 0 Å². The summed E-state index contributed by atoms with van der Waals surface area (Å²) in [6.45, 7) is 0. The minimum Gasteiger partial charge on any atom is -0.477 e. The number of nitrogens with one attached hydrogen (secondary N) is 2. The van der Waals surface area contributed by atoms with Crippen LogP contribution in [0.25, 0.3) is 11.0 Å². The first kappa shape index (κ1) is 9.25. The Morgan fingerprint density at radius 2 is 2.07 bits per heavy atom. The molecule has 0 aliphatic heterocycles. The van der Waals surface area contributed by atoms with E-state index in [1.165, 1.54) is 4.68 Å². The van der Waals surface area contributed by atoms with Gasteiger partial charge < -0.3 is 10.1 Å². The Labute approximate surface area is 81.9 Å². The van der Waals surface area contributed by atoms with Crippen LogP contribution in [0.3, 0.4) is 0 Å². The van der Waals surface area contributed by atoms with Crippen molar-refractivity contribution < 1.29 is 9.90 Å². The summed E-state index contributed by atoms with van der Waals surface area (Å²) >= 11 is 0. The number of aromatic carboxylic acids is 1. The fraction of sp³-hybridized carbons (Fsp3) is 0.125. The first-order valence-electron chi connectivity index (χ1n) is 4.06. The zero-order valence-corrected chi connectivity index (χ0v) is 7.70. The number of H-pyrrole nitrogens is 2. The Morgan fingerprint density at radius 1 is 1.40 bits per heavy atom. The van der Waals surface area contributed by atoms with Crippen LogP contribution in [0.1, 0.15) is 10.4 Å². The van der Waals surface area contributed by atoms with Gasteiger partial charge >= 0.3 is 5.97 Å². The number of aromatic nitrogens is 3. The van der Waals surface area contributed by atoms with E-state index in [1.807, 2.05) is 0 Å². The highest BCUT2D eigenvalue weighted by molar-refractivity contribution is 5.91. The average Bonchev–Trinajstić information content (AvgIpc) is 2.41. The van der Waals surface area contributed by atoms with Gasteiger partial charge in [-0.15, -0.1) is 0 Å². The first-order chi connectivity index (χ1) is 7.00. The van der Waals surface area contributed by atoms with E-state index in [0.717, 1.165) is 6.07 Å². The van der Waals surface area contributed by atoms with Gasteiger partial charge in [0.1, 0.15) is 11.2 Å². The quantitative estimate of drug-likeness (QED) is 0.574. The Hall–Kier alpha value is -2.31. The number of aryl methyl sites for hydroxylation is 1. The molecule has 0 radical (unpaired) electrons. The number of rotatable bonds is 1. The zero-order valence-electron chi connectivity index (χ0n) is 7.70. The van der Waals surface area contributed by atoms with Crippen molar-refractivity contribution in [2.24, 2.45) is 7.05 Å². The standard InChI is InChI=1S/C8H7N3O4/c1-11-5-3(7(13)10-11)2-4(8(14)15)6(12)9-5/h2H,1H3,(H,9,12)(H,10,13)(H,14,15). The highest BCUT2D eigenvalue weighted by Gasteiger charge is 2.13. The molecule has 0 amide bonds. The maximum atomic E-state index is 11.3. The van der Waals surface area contributed by atoms with E-state index in [2.05, 4.69) is 10.1 Å². The van der Waals surface area contributed by atoms with Gasteiger partial charge in [-0.25, -0.2) is 4.79 Å². The van der Waals surface area contributed by atoms with E-state index < -0.39 is 22.7 Å². The lowest BCUT2D eigenvalue weighted by Crippen LogP contribution is -2.18. The topological polar surface area (TPSA) is 108 Å². The lowest BCUT2D eigenvalue weighted by atomic mass is 10.2. The molecule has 15 heavy (non-hydrogen) atoms. The average molecular weight is 209 g/mol. The lowest BCUT2D eigenvalue weighted by Gasteiger charge is -1.95. The molecule has 0 aromatic carbocycles. The van der Waals surface area contributed by atoms with Crippen molar-refractivity contribution in [1.82, 2.24) is 14.8 Å². The predicted molar refractivity (Wildman–Crippen MR) is 51.1 cm³/mol. The molecule has 7 heteroatoms. The molecule has 2 rings (SSSR count). The van der Waals surface area contributed by atoms with Crippen molar-refractivity contribution in [3.8, 4) is 0 Å². The Balaban J connectivity index is 2.98. The molecule has 0 fully saturated rings. The fourth-order valence-corrected chi connectivity index (χ4v) is 1.39. The molecule has 0 bridgehead atoms. The number of hydrogen-bond acceptors (Lipinski definition) is 3. The molecule has 3 N–H and O–H groups in total. The summed E-state index contributed by atoms with van der Waals surface area (Å²) in [4.78, 5) is 35.5. The lowest BCUT2D eigenvalue weighted by molar-refractivity contribution is 0.0695. The van der Waals surface area contributed by atoms with E-state index in [-0.39, 0.29) is 11.0 Å². The number of nitrogens with zero attached hydrogens (tertiary/aromatic N) is 1. The second kappa shape index (κ2) is 2.84. The van der Waals surface area contributed by atoms with E-state index in [0.29, 0.717) is 0 Å². The van der Waals surface area contributed by atoms with Crippen molar-refractivity contribution in [2.45, 2.75) is 0 Å². The maximum absolute atomic E-state index is 11.3. The van der Waals surface area contributed by atoms with Gasteiger partial charge in [-0.3, -0.25) is 19.4 Å². The molecular formula is C8H7N3O4. The second-order valence-corrected chi connectivity index (χ2v) is 3.08. The molecule has 0 saturated heterocycles. The third-order valence-corrected chi connectivity index (χ3v) is 2.10. The van der Waals surface area contributed by atoms with Crippen molar-refractivity contribution in [1.29, 1.82) is 0 Å². The van der Waals surface area contributed by atoms with Gasteiger partial charge in [0, 0.05) is 7.05 Å². The summed E-state index contributed by atoms with van der Waals surface area (Å²) in [6, 6.07) is 1.06. The molecule has 0 spiro atoms. The van der Waals surface area contributed by atoms with Crippen LogP contribution in [-0.4, -0.2) is 25.8 Å². The normalized spacial score (nSPS) is 10.7. The highest BCUT2D eigenvalue weighted by Crippen LogP contribution is 2.04. The Kier molecular flexibility index (Phi) is 1.75. The molecule has 2 heterocycles. The Morgan fingerprint density at radius 3 is 2.67 bits per heavy atom. The molecule has 78 valence electrons. The van der Waals surface area contributed by atoms with Crippen LogP contribution in [0.4, 0.5) is 0 Å². The summed E-state index contributed by atoms with van der Waals surface area (Å²) in [7, 11) is 1.54. The van der Waals surface area contributed by atoms with Gasteiger partial charge in [0.15, 0.2) is 0 Å². The molecule has 2 aromatic heterocycles. The van der Waals surface area contributed by atoms with Crippen molar-refractivity contribution in [3.05, 3.63) is 32.3 Å². The third-order valence-electron chi connectivity index (χ3n) is 2.10. The number of fused-ring (bicyclic) bond motifs is 1. The molecule has 2 aromatic rings. The van der Waals surface area contributed by atoms with Crippen LogP contribution in [0, 0.1) is 0 Å². The van der Waals surface area contributed by atoms with Crippen LogP contribution in [0.2, 0.25) is 0 Å². The largest absolute Gasteiger partial charge is 0.477 e. The molecular weight excluding hydrogens is 202 g/mol. The van der Waals surface area contributed by atoms with Crippen LogP contribution in [0.5, 0.6) is 0 Å². The maximum Gasteiger partial charge on any atom is 0.341 e. The van der Waals surface area contributed by atoms with Gasteiger partial charge in [0.2, 0.25) is 0 Å². The summed E-state index contributed by atoms with van der Waals surface area (Å²) in [5.74, 6) is -1.36. The van der Waals surface area contributed by atoms with Crippen LogP contribution in [-0.2, 0) is 7.05 Å². The summed E-state index contributed by atoms with van der Waals surface area (Å²) in [5.41, 5.74) is -1.34. The predicted octanol–water partition coefficient (Wildman–Crippen LogP) is -0.747. The van der Waals surface area contributed by atoms with E-state index in [1.54, 1.807) is 7.05 Å². The number of carbonyl (C=O) groups is 1. The monoisotopic (exact) mass is 209 g/mol. The van der Waals surface area contributed by atoms with Gasteiger partial charge in [-0.05, 0) is 6.07 Å². The second-order valence-electron chi connectivity index (χ2n) is 3.08. The molecule has 0 atom stereocenters. The van der Waals surface area contributed by atoms with Crippen molar-refractivity contribution >= 4 is 17.0 Å². The van der Waals surface area contributed by atoms with Crippen molar-refractivity contribution in [3.63, 3.8) is 0 Å². The molecule has 0 aliphatic rings. The van der Waals surface area contributed by atoms with Crippen molar-refractivity contribution in [2.75, 3.05) is 0 Å². The van der Waals surface area contributed by atoms with E-state index >= 15 is 0 Å². The zero-order chi connectivity index (χ0) is 11.2. The molecule has 0 saturated carbocycles. The number of carboxylic acids is 1. The van der Waals surface area contributed by atoms with E-state index in [4.69, 9.17) is 5.11 Å². The van der Waals surface area contributed by atoms with Gasteiger partial charge in [0.25, 0.3) is 11.1 Å². The number of pyridine rings is 1. The van der Waals surface area contributed by atoms with Crippen LogP contribution in [0.15, 0.2) is 15.7 Å².